The Hall–Kier alpha value is -0.990. The van der Waals surface area contributed by atoms with Crippen LogP contribution >= 0.6 is 12.4 Å². The van der Waals surface area contributed by atoms with Crippen LogP contribution < -0.4 is 5.73 Å². The van der Waals surface area contributed by atoms with Gasteiger partial charge in [-0.05, 0) is 24.6 Å². The van der Waals surface area contributed by atoms with Gasteiger partial charge in [-0.2, -0.15) is 0 Å². The normalized spacial score (nSPS) is 11.5. The molecule has 17 heavy (non-hydrogen) atoms. The molecule has 2 rings (SSSR count). The number of aromatic amines is 1. The maximum absolute atomic E-state index is 5.71. The van der Waals surface area contributed by atoms with Gasteiger partial charge in [0.15, 0.2) is 0 Å². The molecule has 0 spiro atoms. The number of benzene rings is 1. The van der Waals surface area contributed by atoms with Crippen molar-refractivity contribution in [2.75, 3.05) is 6.54 Å². The zero-order chi connectivity index (χ0) is 11.8. The summed E-state index contributed by atoms with van der Waals surface area (Å²) in [5.41, 5.74) is 9.77. The summed E-state index contributed by atoms with van der Waals surface area (Å²) in [7, 11) is 0. The van der Waals surface area contributed by atoms with E-state index in [0.717, 1.165) is 6.42 Å². The molecule has 0 bridgehead atoms. The summed E-state index contributed by atoms with van der Waals surface area (Å²) in [5, 5.41) is 1.32. The monoisotopic (exact) mass is 252 g/mol. The van der Waals surface area contributed by atoms with Gasteiger partial charge in [-0.3, -0.25) is 0 Å². The molecule has 0 amide bonds. The van der Waals surface area contributed by atoms with Gasteiger partial charge in [0.05, 0.1) is 0 Å². The number of hydrogen-bond acceptors (Lipinski definition) is 1. The van der Waals surface area contributed by atoms with E-state index in [1.54, 1.807) is 0 Å². The van der Waals surface area contributed by atoms with Crippen molar-refractivity contribution in [3.05, 3.63) is 35.5 Å². The summed E-state index contributed by atoms with van der Waals surface area (Å²) < 4.78 is 0. The number of aromatic nitrogens is 1. The number of rotatable bonds is 2. The van der Waals surface area contributed by atoms with Gasteiger partial charge in [0.25, 0.3) is 0 Å². The molecule has 0 radical (unpaired) electrons. The van der Waals surface area contributed by atoms with Crippen molar-refractivity contribution in [2.24, 2.45) is 5.73 Å². The van der Waals surface area contributed by atoms with Crippen LogP contribution in [0.5, 0.6) is 0 Å². The van der Waals surface area contributed by atoms with E-state index < -0.39 is 0 Å². The number of hydrogen-bond donors (Lipinski definition) is 2. The summed E-state index contributed by atoms with van der Waals surface area (Å²) in [5.74, 6) is 0. The van der Waals surface area contributed by atoms with Crippen molar-refractivity contribution < 1.29 is 0 Å². The van der Waals surface area contributed by atoms with Crippen LogP contribution in [0.1, 0.15) is 32.0 Å². The zero-order valence-corrected chi connectivity index (χ0v) is 11.5. The Morgan fingerprint density at radius 3 is 2.41 bits per heavy atom. The largest absolute Gasteiger partial charge is 0.358 e. The highest BCUT2D eigenvalue weighted by molar-refractivity contribution is 5.85. The third kappa shape index (κ3) is 2.64. The first-order valence-electron chi connectivity index (χ1n) is 5.84. The van der Waals surface area contributed by atoms with Gasteiger partial charge in [-0.1, -0.05) is 39.0 Å². The van der Waals surface area contributed by atoms with Crippen molar-refractivity contribution >= 4 is 23.3 Å². The quantitative estimate of drug-likeness (QED) is 0.845. The SMILES string of the molecule is CC(C)(C)c1[nH]c2ccccc2c1CCN.Cl. The van der Waals surface area contributed by atoms with Crippen molar-refractivity contribution in [3.63, 3.8) is 0 Å². The molecule has 94 valence electrons. The van der Waals surface area contributed by atoms with Crippen LogP contribution in [0.2, 0.25) is 0 Å². The minimum Gasteiger partial charge on any atom is -0.358 e. The fourth-order valence-electron chi connectivity index (χ4n) is 2.24. The number of halogens is 1. The Kier molecular flexibility index (Phi) is 4.23. The molecule has 0 aliphatic heterocycles. The first-order valence-corrected chi connectivity index (χ1v) is 5.84. The van der Waals surface area contributed by atoms with Gasteiger partial charge < -0.3 is 10.7 Å². The highest BCUT2D eigenvalue weighted by Crippen LogP contribution is 2.31. The van der Waals surface area contributed by atoms with Crippen molar-refractivity contribution in [1.29, 1.82) is 0 Å². The van der Waals surface area contributed by atoms with Gasteiger partial charge in [0, 0.05) is 22.0 Å². The number of fused-ring (bicyclic) bond motifs is 1. The van der Waals surface area contributed by atoms with E-state index in [1.807, 2.05) is 0 Å². The van der Waals surface area contributed by atoms with Gasteiger partial charge in [-0.15, -0.1) is 12.4 Å². The Labute approximate surface area is 109 Å². The molecule has 1 aromatic heterocycles. The Morgan fingerprint density at radius 1 is 1.18 bits per heavy atom. The molecule has 0 unspecified atom stereocenters. The lowest BCUT2D eigenvalue weighted by atomic mass is 9.88. The van der Waals surface area contributed by atoms with E-state index >= 15 is 0 Å². The first kappa shape index (κ1) is 14.1. The van der Waals surface area contributed by atoms with Gasteiger partial charge in [0.2, 0.25) is 0 Å². The van der Waals surface area contributed by atoms with Gasteiger partial charge >= 0.3 is 0 Å². The maximum atomic E-state index is 5.71. The summed E-state index contributed by atoms with van der Waals surface area (Å²) in [6, 6.07) is 8.46. The highest BCUT2D eigenvalue weighted by atomic mass is 35.5. The lowest BCUT2D eigenvalue weighted by Gasteiger charge is -2.19. The second kappa shape index (κ2) is 5.11. The van der Waals surface area contributed by atoms with Crippen molar-refractivity contribution in [2.45, 2.75) is 32.6 Å². The van der Waals surface area contributed by atoms with E-state index in [-0.39, 0.29) is 17.8 Å². The minimum absolute atomic E-state index is 0. The predicted molar refractivity (Wildman–Crippen MR) is 77.0 cm³/mol. The van der Waals surface area contributed by atoms with E-state index in [0.29, 0.717) is 6.54 Å². The van der Waals surface area contributed by atoms with Crippen LogP contribution in [0.15, 0.2) is 24.3 Å². The highest BCUT2D eigenvalue weighted by Gasteiger charge is 2.21. The molecule has 0 atom stereocenters. The van der Waals surface area contributed by atoms with Crippen LogP contribution in [0.25, 0.3) is 10.9 Å². The molecule has 0 fully saturated rings. The average Bonchev–Trinajstić information content (AvgIpc) is 2.58. The summed E-state index contributed by atoms with van der Waals surface area (Å²) in [4.78, 5) is 3.53. The predicted octanol–water partition coefficient (Wildman–Crippen LogP) is 3.39. The molecule has 2 nitrogen and oxygen atoms in total. The molecule has 0 saturated carbocycles. The van der Waals surface area contributed by atoms with E-state index in [4.69, 9.17) is 5.73 Å². The second-order valence-electron chi connectivity index (χ2n) is 5.31. The Morgan fingerprint density at radius 2 is 1.82 bits per heavy atom. The first-order chi connectivity index (χ1) is 7.54. The average molecular weight is 253 g/mol. The molecule has 0 aliphatic rings. The molecule has 2 aromatic rings. The third-order valence-corrected chi connectivity index (χ3v) is 2.96. The molecule has 1 heterocycles. The smallest absolute Gasteiger partial charge is 0.0459 e. The fraction of sp³-hybridized carbons (Fsp3) is 0.429. The lowest BCUT2D eigenvalue weighted by molar-refractivity contribution is 0.567. The van der Waals surface area contributed by atoms with Crippen LogP contribution in [0.4, 0.5) is 0 Å². The summed E-state index contributed by atoms with van der Waals surface area (Å²) in [6.07, 6.45) is 0.941. The lowest BCUT2D eigenvalue weighted by Crippen LogP contribution is -2.16. The Balaban J connectivity index is 0.00000144. The van der Waals surface area contributed by atoms with Crippen LogP contribution in [-0.2, 0) is 11.8 Å². The molecule has 0 aliphatic carbocycles. The maximum Gasteiger partial charge on any atom is 0.0459 e. The van der Waals surface area contributed by atoms with Crippen molar-refractivity contribution in [3.8, 4) is 0 Å². The van der Waals surface area contributed by atoms with Crippen molar-refractivity contribution in [1.82, 2.24) is 4.98 Å². The van der Waals surface area contributed by atoms with E-state index in [9.17, 15) is 0 Å². The van der Waals surface area contributed by atoms with Gasteiger partial charge in [0.1, 0.15) is 0 Å². The fourth-order valence-corrected chi connectivity index (χ4v) is 2.24. The zero-order valence-electron chi connectivity index (χ0n) is 10.7. The number of para-hydroxylation sites is 1. The number of nitrogens with two attached hydrogens (primary N) is 1. The van der Waals surface area contributed by atoms with Crippen LogP contribution in [0, 0.1) is 0 Å². The van der Waals surface area contributed by atoms with Crippen LogP contribution in [0.3, 0.4) is 0 Å². The van der Waals surface area contributed by atoms with Crippen LogP contribution in [-0.4, -0.2) is 11.5 Å². The number of nitrogens with one attached hydrogen (secondary N) is 1. The van der Waals surface area contributed by atoms with E-state index in [2.05, 4.69) is 50.0 Å². The Bertz CT molecular complexity index is 494. The third-order valence-electron chi connectivity index (χ3n) is 2.96. The standard InChI is InChI=1S/C14H20N2.ClH/c1-14(2,3)13-11(8-9-15)10-6-4-5-7-12(10)16-13;/h4-7,16H,8-9,15H2,1-3H3;1H. The minimum atomic E-state index is 0. The molecule has 1 aromatic carbocycles. The molecule has 0 saturated heterocycles. The second-order valence-corrected chi connectivity index (χ2v) is 5.31. The molecule has 3 N–H and O–H groups in total. The summed E-state index contributed by atoms with van der Waals surface area (Å²) in [6.45, 7) is 7.40. The molecular formula is C14H21ClN2. The topological polar surface area (TPSA) is 41.8 Å². The summed E-state index contributed by atoms with van der Waals surface area (Å²) >= 11 is 0. The van der Waals surface area contributed by atoms with Gasteiger partial charge in [-0.25, -0.2) is 0 Å². The van der Waals surface area contributed by atoms with E-state index in [1.165, 1.54) is 22.2 Å². The molecular weight excluding hydrogens is 232 g/mol. The molecule has 3 heteroatoms. The number of H-pyrrole nitrogens is 1.